The van der Waals surface area contributed by atoms with Crippen molar-refractivity contribution in [2.24, 2.45) is 0 Å². The number of aromatic nitrogens is 1. The molecule has 0 saturated heterocycles. The summed E-state index contributed by atoms with van der Waals surface area (Å²) < 4.78 is 0. The summed E-state index contributed by atoms with van der Waals surface area (Å²) in [7, 11) is 0. The normalized spacial score (nSPS) is 12.5. The van der Waals surface area contributed by atoms with Gasteiger partial charge >= 0.3 is 0 Å². The number of hydrogen-bond donors (Lipinski definition) is 1. The molecule has 1 atom stereocenters. The summed E-state index contributed by atoms with van der Waals surface area (Å²) in [5.41, 5.74) is 2.75. The van der Waals surface area contributed by atoms with Crippen molar-refractivity contribution in [1.29, 1.82) is 0 Å². The van der Waals surface area contributed by atoms with Gasteiger partial charge in [-0.25, -0.2) is 0 Å². The molecule has 0 bridgehead atoms. The predicted octanol–water partition coefficient (Wildman–Crippen LogP) is 6.39. The van der Waals surface area contributed by atoms with E-state index >= 15 is 0 Å². The van der Waals surface area contributed by atoms with Gasteiger partial charge in [-0.2, -0.15) is 0 Å². The number of hydrogen-bond acceptors (Lipinski definition) is 2. The smallest absolute Gasteiger partial charge is 0.0923 e. The van der Waals surface area contributed by atoms with Crippen LogP contribution >= 0.6 is 0 Å². The molecule has 0 fully saturated rings. The highest BCUT2D eigenvalue weighted by molar-refractivity contribution is 5.62. The van der Waals surface area contributed by atoms with Crippen LogP contribution in [0.15, 0.2) is 85.6 Å². The molecule has 0 aliphatic carbocycles. The Labute approximate surface area is 159 Å². The molecule has 0 amide bonds. The third kappa shape index (κ3) is 7.20. The Morgan fingerprint density at radius 2 is 1.62 bits per heavy atom. The van der Waals surface area contributed by atoms with E-state index in [0.29, 0.717) is 6.42 Å². The first-order valence-electron chi connectivity index (χ1n) is 9.25. The van der Waals surface area contributed by atoms with Crippen LogP contribution in [-0.4, -0.2) is 15.7 Å². The number of benzene rings is 1. The van der Waals surface area contributed by atoms with E-state index in [1.165, 1.54) is 0 Å². The fourth-order valence-electron chi connectivity index (χ4n) is 2.38. The molecule has 0 aliphatic heterocycles. The summed E-state index contributed by atoms with van der Waals surface area (Å²) in [6.07, 6.45) is 7.34. The molecule has 0 aliphatic rings. The molecule has 2 aromatic rings. The van der Waals surface area contributed by atoms with Crippen LogP contribution in [0.2, 0.25) is 0 Å². The fraction of sp³-hybridized carbons (Fsp3) is 0.292. The van der Waals surface area contributed by atoms with E-state index in [1.54, 1.807) is 25.2 Å². The lowest BCUT2D eigenvalue weighted by atomic mass is 9.90. The van der Waals surface area contributed by atoms with Gasteiger partial charge in [0.15, 0.2) is 0 Å². The Kier molecular flexibility index (Phi) is 11.6. The summed E-state index contributed by atoms with van der Waals surface area (Å²) in [4.78, 5) is 4.47. The van der Waals surface area contributed by atoms with Gasteiger partial charge < -0.3 is 5.11 Å². The van der Waals surface area contributed by atoms with E-state index in [9.17, 15) is 5.11 Å². The summed E-state index contributed by atoms with van der Waals surface area (Å²) in [6, 6.07) is 14.1. The fourth-order valence-corrected chi connectivity index (χ4v) is 2.38. The van der Waals surface area contributed by atoms with Gasteiger partial charge in [-0.1, -0.05) is 95.5 Å². The Morgan fingerprint density at radius 3 is 2.08 bits per heavy atom. The van der Waals surface area contributed by atoms with Crippen molar-refractivity contribution in [3.63, 3.8) is 0 Å². The monoisotopic (exact) mass is 351 g/mol. The average molecular weight is 352 g/mol. The molecule has 0 radical (unpaired) electrons. The lowest BCUT2D eigenvalue weighted by Gasteiger charge is -2.24. The molecule has 1 N–H and O–H groups in total. The molecular weight excluding hydrogens is 318 g/mol. The van der Waals surface area contributed by atoms with Crippen LogP contribution in [-0.2, 0) is 6.42 Å². The highest BCUT2D eigenvalue weighted by atomic mass is 16.3. The van der Waals surface area contributed by atoms with Crippen LogP contribution in [0.5, 0.6) is 0 Å². The molecule has 1 heterocycles. The molecule has 0 saturated carbocycles. The molecule has 2 rings (SSSR count). The van der Waals surface area contributed by atoms with Gasteiger partial charge in [0, 0.05) is 23.9 Å². The van der Waals surface area contributed by atoms with E-state index in [1.807, 2.05) is 64.2 Å². The zero-order chi connectivity index (χ0) is 20.0. The van der Waals surface area contributed by atoms with Gasteiger partial charge in [0.05, 0.1) is 5.60 Å². The van der Waals surface area contributed by atoms with E-state index in [4.69, 9.17) is 0 Å². The molecule has 0 spiro atoms. The zero-order valence-electron chi connectivity index (χ0n) is 16.9. The maximum absolute atomic E-state index is 10.6. The van der Waals surface area contributed by atoms with Crippen LogP contribution in [0.25, 0.3) is 11.1 Å². The van der Waals surface area contributed by atoms with Crippen LogP contribution < -0.4 is 0 Å². The van der Waals surface area contributed by atoms with Crippen LogP contribution in [0.4, 0.5) is 0 Å². The Morgan fingerprint density at radius 1 is 1.00 bits per heavy atom. The minimum Gasteiger partial charge on any atom is -0.385 e. The van der Waals surface area contributed by atoms with Crippen molar-refractivity contribution in [3.8, 4) is 11.1 Å². The molecule has 2 heteroatoms. The molecule has 140 valence electrons. The summed E-state index contributed by atoms with van der Waals surface area (Å²) in [5, 5.41) is 10.6. The maximum atomic E-state index is 10.6. The van der Waals surface area contributed by atoms with Crippen molar-refractivity contribution < 1.29 is 5.11 Å². The van der Waals surface area contributed by atoms with Gasteiger partial charge in [0.1, 0.15) is 0 Å². The molecule has 1 aromatic heterocycles. The highest BCUT2D eigenvalue weighted by Crippen LogP contribution is 2.24. The second kappa shape index (κ2) is 12.8. The molecular formula is C24H33NO. The number of rotatable bonds is 6. The number of allylic oxidation sites excluding steroid dienone is 2. The van der Waals surface area contributed by atoms with Gasteiger partial charge in [-0.15, -0.1) is 0 Å². The van der Waals surface area contributed by atoms with Gasteiger partial charge in [0.25, 0.3) is 0 Å². The number of aliphatic hydroxyl groups is 1. The van der Waals surface area contributed by atoms with Crippen LogP contribution in [0, 0.1) is 0 Å². The van der Waals surface area contributed by atoms with E-state index in [-0.39, 0.29) is 0 Å². The predicted molar refractivity (Wildman–Crippen MR) is 115 cm³/mol. The van der Waals surface area contributed by atoms with E-state index < -0.39 is 5.60 Å². The topological polar surface area (TPSA) is 33.1 Å². The third-order valence-corrected chi connectivity index (χ3v) is 3.60. The quantitative estimate of drug-likeness (QED) is 0.611. The minimum atomic E-state index is -1.02. The summed E-state index contributed by atoms with van der Waals surface area (Å²) in [5.74, 6) is 0. The van der Waals surface area contributed by atoms with Crippen molar-refractivity contribution in [3.05, 3.63) is 91.3 Å². The lowest BCUT2D eigenvalue weighted by molar-refractivity contribution is 0.102. The Hall–Kier alpha value is -2.45. The van der Waals surface area contributed by atoms with Crippen molar-refractivity contribution in [2.45, 2.75) is 46.6 Å². The second-order valence-corrected chi connectivity index (χ2v) is 5.42. The second-order valence-electron chi connectivity index (χ2n) is 5.42. The van der Waals surface area contributed by atoms with Crippen LogP contribution in [0.1, 0.15) is 40.3 Å². The van der Waals surface area contributed by atoms with Gasteiger partial charge in [-0.05, 0) is 24.1 Å². The SMILES string of the molecule is C=C/C=C(\C=C)C(C)(O)Cc1ccc(-c2ccccc2)cn1.CC.CC. The average Bonchev–Trinajstić information content (AvgIpc) is 2.70. The first-order chi connectivity index (χ1) is 12.6. The summed E-state index contributed by atoms with van der Waals surface area (Å²) in [6.45, 7) is 17.2. The highest BCUT2D eigenvalue weighted by Gasteiger charge is 2.24. The third-order valence-electron chi connectivity index (χ3n) is 3.60. The Balaban J connectivity index is 0.00000146. The molecule has 1 aromatic carbocycles. The molecule has 26 heavy (non-hydrogen) atoms. The standard InChI is InChI=1S/C20H21NO.2C2H6/c1-4-9-18(5-2)20(3,22)14-19-13-12-17(15-21-19)16-10-7-6-8-11-16;2*1-2/h4-13,15,22H,1-2,14H2,3H3;2*1-2H3/b18-9+;;. The zero-order valence-corrected chi connectivity index (χ0v) is 16.9. The Bertz CT molecular complexity index is 667. The van der Waals surface area contributed by atoms with Crippen molar-refractivity contribution >= 4 is 0 Å². The largest absolute Gasteiger partial charge is 0.385 e. The van der Waals surface area contributed by atoms with E-state index in [2.05, 4.69) is 30.3 Å². The summed E-state index contributed by atoms with van der Waals surface area (Å²) >= 11 is 0. The molecule has 1 unspecified atom stereocenters. The first-order valence-corrected chi connectivity index (χ1v) is 9.25. The minimum absolute atomic E-state index is 0.424. The first kappa shape index (κ1) is 23.5. The van der Waals surface area contributed by atoms with E-state index in [0.717, 1.165) is 22.4 Å². The van der Waals surface area contributed by atoms with Crippen molar-refractivity contribution in [1.82, 2.24) is 4.98 Å². The lowest BCUT2D eigenvalue weighted by Crippen LogP contribution is -2.29. The van der Waals surface area contributed by atoms with Crippen molar-refractivity contribution in [2.75, 3.05) is 0 Å². The van der Waals surface area contributed by atoms with Crippen LogP contribution in [0.3, 0.4) is 0 Å². The van der Waals surface area contributed by atoms with Gasteiger partial charge in [0.2, 0.25) is 0 Å². The van der Waals surface area contributed by atoms with Gasteiger partial charge in [-0.3, -0.25) is 4.98 Å². The number of pyridine rings is 1. The maximum Gasteiger partial charge on any atom is 0.0923 e. The molecule has 2 nitrogen and oxygen atoms in total. The number of nitrogens with zero attached hydrogens (tertiary/aromatic N) is 1.